The Morgan fingerprint density at radius 2 is 2.33 bits per heavy atom. The predicted octanol–water partition coefficient (Wildman–Crippen LogP) is 2.41. The molecule has 1 rings (SSSR count). The maximum atomic E-state index is 11.9. The van der Waals surface area contributed by atoms with Gasteiger partial charge in [0, 0.05) is 30.4 Å². The summed E-state index contributed by atoms with van der Waals surface area (Å²) in [7, 11) is 0. The fourth-order valence-electron chi connectivity index (χ4n) is 1.76. The van der Waals surface area contributed by atoms with Crippen molar-refractivity contribution in [2.45, 2.75) is 33.2 Å². The Bertz CT molecular complexity index is 390. The number of aliphatic hydroxyl groups excluding tert-OH is 1. The van der Waals surface area contributed by atoms with Crippen molar-refractivity contribution in [3.63, 3.8) is 0 Å². The molecule has 1 atom stereocenters. The summed E-state index contributed by atoms with van der Waals surface area (Å²) in [6.07, 6.45) is 3.72. The second kappa shape index (κ2) is 7.59. The summed E-state index contributed by atoms with van der Waals surface area (Å²) in [5.74, 6) is 0.259. The standard InChI is InChI=1S/C13H21BrN2O2/c1-3-16-8-11(14)7-12(16)13(18)15-6-4-5-10(2)9-17/h7-8,10,17H,3-6,9H2,1-2H3,(H,15,18). The Kier molecular flexibility index (Phi) is 6.43. The maximum Gasteiger partial charge on any atom is 0.267 e. The Balaban J connectivity index is 2.40. The number of hydrogen-bond donors (Lipinski definition) is 2. The van der Waals surface area contributed by atoms with Gasteiger partial charge in [0.2, 0.25) is 0 Å². The van der Waals surface area contributed by atoms with Gasteiger partial charge < -0.3 is 15.0 Å². The Labute approximate surface area is 117 Å². The van der Waals surface area contributed by atoms with Crippen LogP contribution in [0.4, 0.5) is 0 Å². The van der Waals surface area contributed by atoms with Crippen LogP contribution in [-0.2, 0) is 6.54 Å². The highest BCUT2D eigenvalue weighted by atomic mass is 79.9. The zero-order chi connectivity index (χ0) is 13.5. The van der Waals surface area contributed by atoms with E-state index in [4.69, 9.17) is 5.11 Å². The number of halogens is 1. The number of carbonyl (C=O) groups excluding carboxylic acids is 1. The number of rotatable bonds is 7. The van der Waals surface area contributed by atoms with Crippen LogP contribution in [0.5, 0.6) is 0 Å². The molecule has 0 aliphatic heterocycles. The van der Waals surface area contributed by atoms with Crippen molar-refractivity contribution in [1.82, 2.24) is 9.88 Å². The lowest BCUT2D eigenvalue weighted by atomic mass is 10.1. The van der Waals surface area contributed by atoms with E-state index in [-0.39, 0.29) is 12.5 Å². The molecular weight excluding hydrogens is 296 g/mol. The molecular formula is C13H21BrN2O2. The van der Waals surface area contributed by atoms with Crippen LogP contribution in [0, 0.1) is 5.92 Å². The highest BCUT2D eigenvalue weighted by Gasteiger charge is 2.11. The van der Waals surface area contributed by atoms with Crippen LogP contribution in [0.2, 0.25) is 0 Å². The molecule has 0 saturated heterocycles. The van der Waals surface area contributed by atoms with E-state index in [1.54, 1.807) is 0 Å². The first kappa shape index (κ1) is 15.2. The first-order valence-electron chi connectivity index (χ1n) is 6.33. The third-order valence-electron chi connectivity index (χ3n) is 2.91. The van der Waals surface area contributed by atoms with Crippen LogP contribution >= 0.6 is 15.9 Å². The van der Waals surface area contributed by atoms with Gasteiger partial charge in [0.05, 0.1) is 0 Å². The van der Waals surface area contributed by atoms with Gasteiger partial charge in [-0.2, -0.15) is 0 Å². The summed E-state index contributed by atoms with van der Waals surface area (Å²) in [5, 5.41) is 11.8. The van der Waals surface area contributed by atoms with Gasteiger partial charge in [-0.1, -0.05) is 6.92 Å². The number of nitrogens with one attached hydrogen (secondary N) is 1. The Morgan fingerprint density at radius 3 is 2.94 bits per heavy atom. The summed E-state index contributed by atoms with van der Waals surface area (Å²) >= 11 is 3.37. The van der Waals surface area contributed by atoms with Gasteiger partial charge in [0.25, 0.3) is 5.91 Å². The average molecular weight is 317 g/mol. The molecule has 1 aromatic heterocycles. The van der Waals surface area contributed by atoms with E-state index >= 15 is 0 Å². The molecule has 0 radical (unpaired) electrons. The van der Waals surface area contributed by atoms with Crippen LogP contribution in [0.15, 0.2) is 16.7 Å². The monoisotopic (exact) mass is 316 g/mol. The molecule has 0 aliphatic rings. The van der Waals surface area contributed by atoms with Crippen molar-refractivity contribution < 1.29 is 9.90 Å². The van der Waals surface area contributed by atoms with E-state index in [0.29, 0.717) is 18.2 Å². The Hall–Kier alpha value is -0.810. The van der Waals surface area contributed by atoms with E-state index < -0.39 is 0 Å². The van der Waals surface area contributed by atoms with Gasteiger partial charge >= 0.3 is 0 Å². The third-order valence-corrected chi connectivity index (χ3v) is 3.34. The quantitative estimate of drug-likeness (QED) is 0.759. The fourth-order valence-corrected chi connectivity index (χ4v) is 2.23. The lowest BCUT2D eigenvalue weighted by Crippen LogP contribution is -2.27. The van der Waals surface area contributed by atoms with Crippen LogP contribution in [-0.4, -0.2) is 28.7 Å². The van der Waals surface area contributed by atoms with Crippen molar-refractivity contribution in [2.75, 3.05) is 13.2 Å². The van der Waals surface area contributed by atoms with Crippen molar-refractivity contribution >= 4 is 21.8 Å². The SMILES string of the molecule is CCn1cc(Br)cc1C(=O)NCCCC(C)CO. The van der Waals surface area contributed by atoms with Crippen molar-refractivity contribution in [3.05, 3.63) is 22.4 Å². The zero-order valence-electron chi connectivity index (χ0n) is 10.9. The molecule has 5 heteroatoms. The first-order valence-corrected chi connectivity index (χ1v) is 7.12. The topological polar surface area (TPSA) is 54.3 Å². The molecule has 102 valence electrons. The zero-order valence-corrected chi connectivity index (χ0v) is 12.5. The lowest BCUT2D eigenvalue weighted by Gasteiger charge is -2.09. The number of aryl methyl sites for hydroxylation is 1. The summed E-state index contributed by atoms with van der Waals surface area (Å²) in [6, 6.07) is 1.83. The van der Waals surface area contributed by atoms with Crippen LogP contribution in [0.3, 0.4) is 0 Å². The van der Waals surface area contributed by atoms with E-state index in [0.717, 1.165) is 23.9 Å². The molecule has 0 spiro atoms. The smallest absolute Gasteiger partial charge is 0.267 e. The van der Waals surface area contributed by atoms with Crippen molar-refractivity contribution in [1.29, 1.82) is 0 Å². The lowest BCUT2D eigenvalue weighted by molar-refractivity contribution is 0.0943. The van der Waals surface area contributed by atoms with E-state index in [9.17, 15) is 4.79 Å². The highest BCUT2D eigenvalue weighted by molar-refractivity contribution is 9.10. The molecule has 18 heavy (non-hydrogen) atoms. The second-order valence-electron chi connectivity index (χ2n) is 4.52. The molecule has 1 amide bonds. The molecule has 0 fully saturated rings. The Morgan fingerprint density at radius 1 is 1.61 bits per heavy atom. The maximum absolute atomic E-state index is 11.9. The van der Waals surface area contributed by atoms with Gasteiger partial charge in [0.15, 0.2) is 0 Å². The molecule has 1 heterocycles. The molecule has 0 bridgehead atoms. The molecule has 2 N–H and O–H groups in total. The van der Waals surface area contributed by atoms with Gasteiger partial charge in [-0.25, -0.2) is 0 Å². The second-order valence-corrected chi connectivity index (χ2v) is 5.43. The predicted molar refractivity (Wildman–Crippen MR) is 75.6 cm³/mol. The normalized spacial score (nSPS) is 12.4. The summed E-state index contributed by atoms with van der Waals surface area (Å²) in [5.41, 5.74) is 0.680. The van der Waals surface area contributed by atoms with E-state index in [2.05, 4.69) is 21.2 Å². The molecule has 1 aromatic rings. The van der Waals surface area contributed by atoms with Crippen LogP contribution in [0.1, 0.15) is 37.2 Å². The van der Waals surface area contributed by atoms with Crippen LogP contribution < -0.4 is 5.32 Å². The minimum Gasteiger partial charge on any atom is -0.396 e. The van der Waals surface area contributed by atoms with Crippen molar-refractivity contribution in [2.24, 2.45) is 5.92 Å². The number of carbonyl (C=O) groups is 1. The number of aliphatic hydroxyl groups is 1. The van der Waals surface area contributed by atoms with Gasteiger partial charge in [0.1, 0.15) is 5.69 Å². The van der Waals surface area contributed by atoms with Gasteiger partial charge in [-0.05, 0) is 47.7 Å². The fraction of sp³-hybridized carbons (Fsp3) is 0.615. The summed E-state index contributed by atoms with van der Waals surface area (Å²) in [6.45, 7) is 5.64. The molecule has 0 saturated carbocycles. The van der Waals surface area contributed by atoms with Gasteiger partial charge in [-0.3, -0.25) is 4.79 Å². The number of amides is 1. The first-order chi connectivity index (χ1) is 8.58. The summed E-state index contributed by atoms with van der Waals surface area (Å²) in [4.78, 5) is 11.9. The number of nitrogens with zero attached hydrogens (tertiary/aromatic N) is 1. The molecule has 1 unspecified atom stereocenters. The minimum atomic E-state index is -0.0424. The van der Waals surface area contributed by atoms with Crippen LogP contribution in [0.25, 0.3) is 0 Å². The number of hydrogen-bond acceptors (Lipinski definition) is 2. The average Bonchev–Trinajstić information content (AvgIpc) is 2.75. The summed E-state index contributed by atoms with van der Waals surface area (Å²) < 4.78 is 2.83. The molecule has 0 aromatic carbocycles. The van der Waals surface area contributed by atoms with Crippen molar-refractivity contribution in [3.8, 4) is 0 Å². The largest absolute Gasteiger partial charge is 0.396 e. The molecule has 4 nitrogen and oxygen atoms in total. The van der Waals surface area contributed by atoms with E-state index in [1.165, 1.54) is 0 Å². The minimum absolute atomic E-state index is 0.0424. The highest BCUT2D eigenvalue weighted by Crippen LogP contribution is 2.14. The third kappa shape index (κ3) is 4.46. The molecule has 0 aliphatic carbocycles. The van der Waals surface area contributed by atoms with Gasteiger partial charge in [-0.15, -0.1) is 0 Å². The van der Waals surface area contributed by atoms with E-state index in [1.807, 2.05) is 30.7 Å². The number of aromatic nitrogens is 1.